The zero-order valence-corrected chi connectivity index (χ0v) is 15.0. The van der Waals surface area contributed by atoms with Gasteiger partial charge in [0, 0.05) is 31.9 Å². The molecule has 0 amide bonds. The first-order chi connectivity index (χ1) is 11.0. The highest BCUT2D eigenvalue weighted by Gasteiger charge is 2.14. The summed E-state index contributed by atoms with van der Waals surface area (Å²) >= 11 is 0. The second kappa shape index (κ2) is 10.1. The second-order valence-corrected chi connectivity index (χ2v) is 5.83. The summed E-state index contributed by atoms with van der Waals surface area (Å²) < 4.78 is 7.16. The lowest BCUT2D eigenvalue weighted by atomic mass is 10.1. The van der Waals surface area contributed by atoms with Crippen molar-refractivity contribution in [2.75, 3.05) is 19.6 Å². The van der Waals surface area contributed by atoms with E-state index in [0.717, 1.165) is 37.3 Å². The molecular formula is C18H30N4O. The molecule has 0 saturated carbocycles. The van der Waals surface area contributed by atoms with Crippen molar-refractivity contribution in [3.05, 3.63) is 41.9 Å². The van der Waals surface area contributed by atoms with Gasteiger partial charge in [-0.1, -0.05) is 19.6 Å². The van der Waals surface area contributed by atoms with E-state index in [4.69, 9.17) is 4.74 Å². The molecule has 128 valence electrons. The van der Waals surface area contributed by atoms with Crippen LogP contribution < -0.4 is 0 Å². The minimum Gasteiger partial charge on any atom is -0.374 e. The quantitative estimate of drug-likeness (QED) is 0.757. The van der Waals surface area contributed by atoms with Crippen LogP contribution >= 0.6 is 0 Å². The van der Waals surface area contributed by atoms with Gasteiger partial charge in [-0.3, -0.25) is 14.6 Å². The number of nitrogens with zero attached hydrogens (tertiary/aromatic N) is 4. The molecule has 0 saturated heterocycles. The molecule has 0 bridgehead atoms. The van der Waals surface area contributed by atoms with Crippen LogP contribution in [-0.4, -0.2) is 47.1 Å². The summed E-state index contributed by atoms with van der Waals surface area (Å²) in [6.07, 6.45) is 7.03. The largest absolute Gasteiger partial charge is 0.374 e. The molecule has 1 aliphatic rings. The number of ether oxygens (including phenoxy) is 1. The fraction of sp³-hybridized carbons (Fsp3) is 0.556. The van der Waals surface area contributed by atoms with Crippen LogP contribution in [0.1, 0.15) is 32.8 Å². The van der Waals surface area contributed by atoms with Gasteiger partial charge in [0.15, 0.2) is 0 Å². The summed E-state index contributed by atoms with van der Waals surface area (Å²) in [4.78, 5) is 6.37. The molecule has 0 radical (unpaired) electrons. The van der Waals surface area contributed by atoms with Crippen LogP contribution in [0.4, 0.5) is 0 Å². The zero-order chi connectivity index (χ0) is 17.2. The van der Waals surface area contributed by atoms with E-state index in [1.54, 1.807) is 4.68 Å². The Bertz CT molecular complexity index is 531. The maximum atomic E-state index is 5.39. The predicted octanol–water partition coefficient (Wildman–Crippen LogP) is 3.20. The van der Waals surface area contributed by atoms with E-state index in [1.165, 1.54) is 5.57 Å². The van der Waals surface area contributed by atoms with E-state index in [-0.39, 0.29) is 6.10 Å². The summed E-state index contributed by atoms with van der Waals surface area (Å²) in [5.41, 5.74) is 3.48. The molecule has 1 aliphatic heterocycles. The second-order valence-electron chi connectivity index (χ2n) is 5.83. The summed E-state index contributed by atoms with van der Waals surface area (Å²) in [6.45, 7) is 17.4. The Morgan fingerprint density at radius 3 is 2.70 bits per heavy atom. The normalized spacial score (nSPS) is 15.3. The van der Waals surface area contributed by atoms with Gasteiger partial charge in [0.25, 0.3) is 0 Å². The van der Waals surface area contributed by atoms with Gasteiger partial charge in [0.1, 0.15) is 0 Å². The topological polar surface area (TPSA) is 42.6 Å². The van der Waals surface area contributed by atoms with Crippen LogP contribution in [0.2, 0.25) is 0 Å². The summed E-state index contributed by atoms with van der Waals surface area (Å²) in [5, 5.41) is 4.03. The summed E-state index contributed by atoms with van der Waals surface area (Å²) in [6, 6.07) is 0. The van der Waals surface area contributed by atoms with Gasteiger partial charge in [0.2, 0.25) is 0 Å². The lowest BCUT2D eigenvalue weighted by Gasteiger charge is -2.26. The maximum Gasteiger partial charge on any atom is 0.0750 e. The van der Waals surface area contributed by atoms with Gasteiger partial charge >= 0.3 is 0 Å². The number of likely N-dealkylation sites (N-methyl/N-ethyl adjacent to an activating group) is 1. The van der Waals surface area contributed by atoms with E-state index in [0.29, 0.717) is 6.61 Å². The number of hydrogen-bond donors (Lipinski definition) is 0. The molecule has 0 N–H and O–H groups in total. The number of aliphatic imine (C=N–C) groups is 1. The minimum absolute atomic E-state index is 0.287. The molecule has 0 atom stereocenters. The Hall–Kier alpha value is -1.72. The standard InChI is InChI=1S/C10H16N2.C8H14N2O/c1-4-9-6-7-12(5-2)8-10(9)11-3;1-7(2)11-6-8-4-9-10(3)5-8/h4H,1,3,5-8H2,2H3;4-5,7H,6H2,1-3H3. The van der Waals surface area contributed by atoms with E-state index in [2.05, 4.69) is 35.2 Å². The fourth-order valence-electron chi connectivity index (χ4n) is 2.27. The van der Waals surface area contributed by atoms with Crippen LogP contribution in [0.15, 0.2) is 41.3 Å². The number of aromatic nitrogens is 2. The van der Waals surface area contributed by atoms with Crippen LogP contribution in [-0.2, 0) is 18.4 Å². The zero-order valence-electron chi connectivity index (χ0n) is 15.0. The van der Waals surface area contributed by atoms with Gasteiger partial charge in [-0.25, -0.2) is 0 Å². The lowest BCUT2D eigenvalue weighted by Crippen LogP contribution is -2.30. The van der Waals surface area contributed by atoms with Gasteiger partial charge in [-0.15, -0.1) is 0 Å². The minimum atomic E-state index is 0.287. The first-order valence-corrected chi connectivity index (χ1v) is 8.12. The molecule has 2 rings (SSSR count). The average molecular weight is 318 g/mol. The van der Waals surface area contributed by atoms with Gasteiger partial charge < -0.3 is 4.74 Å². The number of hydrogen-bond acceptors (Lipinski definition) is 4. The molecule has 0 spiro atoms. The molecule has 23 heavy (non-hydrogen) atoms. The maximum absolute atomic E-state index is 5.39. The molecule has 5 nitrogen and oxygen atoms in total. The fourth-order valence-corrected chi connectivity index (χ4v) is 2.27. The van der Waals surface area contributed by atoms with Crippen molar-refractivity contribution < 1.29 is 4.74 Å². The van der Waals surface area contributed by atoms with Crippen LogP contribution in [0.25, 0.3) is 0 Å². The van der Waals surface area contributed by atoms with E-state index < -0.39 is 0 Å². The molecule has 5 heteroatoms. The Morgan fingerprint density at radius 2 is 2.22 bits per heavy atom. The number of aryl methyl sites for hydroxylation is 1. The van der Waals surface area contributed by atoms with Crippen LogP contribution in [0, 0.1) is 0 Å². The Kier molecular flexibility index (Phi) is 8.51. The first kappa shape index (κ1) is 19.3. The van der Waals surface area contributed by atoms with Crippen molar-refractivity contribution in [3.63, 3.8) is 0 Å². The van der Waals surface area contributed by atoms with Crippen LogP contribution in [0.3, 0.4) is 0 Å². The molecule has 0 aromatic carbocycles. The number of allylic oxidation sites excluding steroid dienone is 1. The third-order valence-corrected chi connectivity index (χ3v) is 3.67. The number of rotatable bonds is 6. The highest BCUT2D eigenvalue weighted by Crippen LogP contribution is 2.18. The van der Waals surface area contributed by atoms with Crippen molar-refractivity contribution in [1.29, 1.82) is 0 Å². The molecular weight excluding hydrogens is 288 g/mol. The van der Waals surface area contributed by atoms with Crippen molar-refractivity contribution in [1.82, 2.24) is 14.7 Å². The van der Waals surface area contributed by atoms with Gasteiger partial charge in [0.05, 0.1) is 24.6 Å². The monoisotopic (exact) mass is 318 g/mol. The average Bonchev–Trinajstić information content (AvgIpc) is 2.98. The van der Waals surface area contributed by atoms with Crippen molar-refractivity contribution in [2.24, 2.45) is 12.0 Å². The molecule has 2 heterocycles. The Morgan fingerprint density at radius 1 is 1.48 bits per heavy atom. The SMILES string of the molecule is C=CC1=C(N=C)CN(CC)CC1.CC(C)OCc1cnn(C)c1. The molecule has 1 aromatic heterocycles. The third-order valence-electron chi connectivity index (χ3n) is 3.67. The van der Waals surface area contributed by atoms with Crippen molar-refractivity contribution >= 4 is 6.72 Å². The Balaban J connectivity index is 0.000000231. The first-order valence-electron chi connectivity index (χ1n) is 8.12. The highest BCUT2D eigenvalue weighted by molar-refractivity contribution is 5.35. The third kappa shape index (κ3) is 6.93. The van der Waals surface area contributed by atoms with E-state index in [9.17, 15) is 0 Å². The molecule has 0 fully saturated rings. The van der Waals surface area contributed by atoms with Crippen molar-refractivity contribution in [2.45, 2.75) is 39.9 Å². The molecule has 0 unspecified atom stereocenters. The predicted molar refractivity (Wildman–Crippen MR) is 96.6 cm³/mol. The smallest absolute Gasteiger partial charge is 0.0750 e. The van der Waals surface area contributed by atoms with Gasteiger partial charge in [-0.05, 0) is 39.1 Å². The summed E-state index contributed by atoms with van der Waals surface area (Å²) in [5.74, 6) is 0. The highest BCUT2D eigenvalue weighted by atomic mass is 16.5. The molecule has 1 aromatic rings. The van der Waals surface area contributed by atoms with E-state index in [1.807, 2.05) is 39.4 Å². The molecule has 0 aliphatic carbocycles. The Labute approximate surface area is 140 Å². The van der Waals surface area contributed by atoms with Crippen LogP contribution in [0.5, 0.6) is 0 Å². The summed E-state index contributed by atoms with van der Waals surface area (Å²) in [7, 11) is 1.90. The van der Waals surface area contributed by atoms with Gasteiger partial charge in [-0.2, -0.15) is 5.10 Å². The lowest BCUT2D eigenvalue weighted by molar-refractivity contribution is 0.0657. The van der Waals surface area contributed by atoms with Crippen molar-refractivity contribution in [3.8, 4) is 0 Å². The van der Waals surface area contributed by atoms with E-state index >= 15 is 0 Å².